The van der Waals surface area contributed by atoms with Crippen molar-refractivity contribution in [1.29, 1.82) is 0 Å². The lowest BCUT2D eigenvalue weighted by molar-refractivity contribution is 0.756. The van der Waals surface area contributed by atoms with Gasteiger partial charge in [0.25, 0.3) is 0 Å². The number of hydrogen-bond acceptors (Lipinski definition) is 4. The van der Waals surface area contributed by atoms with Crippen LogP contribution in [0.1, 0.15) is 17.0 Å². The van der Waals surface area contributed by atoms with Crippen molar-refractivity contribution in [2.75, 3.05) is 5.73 Å². The fourth-order valence-electron chi connectivity index (χ4n) is 2.24. The maximum absolute atomic E-state index is 5.99. The molecule has 0 fully saturated rings. The van der Waals surface area contributed by atoms with Crippen LogP contribution >= 0.6 is 0 Å². The highest BCUT2D eigenvalue weighted by molar-refractivity contribution is 5.74. The third kappa shape index (κ3) is 1.95. The number of pyridine rings is 1. The Labute approximate surface area is 110 Å². The second-order valence-electron chi connectivity index (χ2n) is 4.76. The Morgan fingerprint density at radius 3 is 2.68 bits per heavy atom. The number of imidazole rings is 1. The molecule has 0 saturated heterocycles. The molecule has 3 rings (SSSR count). The van der Waals surface area contributed by atoms with Crippen LogP contribution in [0.5, 0.6) is 0 Å². The smallest absolute Gasteiger partial charge is 0.202 e. The van der Waals surface area contributed by atoms with Crippen LogP contribution in [0.2, 0.25) is 0 Å². The van der Waals surface area contributed by atoms with Crippen LogP contribution in [0.15, 0.2) is 18.3 Å². The molecule has 0 radical (unpaired) electrons. The van der Waals surface area contributed by atoms with Gasteiger partial charge in [0, 0.05) is 24.5 Å². The summed E-state index contributed by atoms with van der Waals surface area (Å²) in [4.78, 5) is 8.86. The fourth-order valence-corrected chi connectivity index (χ4v) is 2.24. The van der Waals surface area contributed by atoms with E-state index in [2.05, 4.69) is 15.1 Å². The van der Waals surface area contributed by atoms with E-state index in [4.69, 9.17) is 5.73 Å². The second-order valence-corrected chi connectivity index (χ2v) is 4.76. The summed E-state index contributed by atoms with van der Waals surface area (Å²) in [7, 11) is 1.91. The van der Waals surface area contributed by atoms with E-state index in [9.17, 15) is 0 Å². The van der Waals surface area contributed by atoms with Crippen LogP contribution in [-0.2, 0) is 13.6 Å². The molecule has 0 aliphatic carbocycles. The van der Waals surface area contributed by atoms with Crippen molar-refractivity contribution in [3.8, 4) is 0 Å². The topological polar surface area (TPSA) is 74.5 Å². The Morgan fingerprint density at radius 2 is 2.00 bits per heavy atom. The average molecular weight is 256 g/mol. The van der Waals surface area contributed by atoms with Crippen molar-refractivity contribution < 1.29 is 0 Å². The molecular formula is C13H16N6. The molecule has 3 aromatic heterocycles. The Morgan fingerprint density at radius 1 is 1.21 bits per heavy atom. The lowest BCUT2D eigenvalue weighted by Gasteiger charge is -2.05. The number of nitrogens with two attached hydrogens (primary N) is 1. The van der Waals surface area contributed by atoms with Crippen molar-refractivity contribution in [1.82, 2.24) is 24.3 Å². The molecule has 0 atom stereocenters. The van der Waals surface area contributed by atoms with E-state index in [-0.39, 0.29) is 0 Å². The number of aromatic nitrogens is 5. The van der Waals surface area contributed by atoms with E-state index in [1.807, 2.05) is 43.8 Å². The third-order valence-electron chi connectivity index (χ3n) is 3.20. The first-order chi connectivity index (χ1) is 9.04. The van der Waals surface area contributed by atoms with Crippen molar-refractivity contribution in [3.63, 3.8) is 0 Å². The molecule has 0 aliphatic heterocycles. The van der Waals surface area contributed by atoms with Gasteiger partial charge in [0.1, 0.15) is 5.52 Å². The molecule has 19 heavy (non-hydrogen) atoms. The number of fused-ring (bicyclic) bond motifs is 1. The van der Waals surface area contributed by atoms with E-state index in [0.717, 1.165) is 28.1 Å². The quantitative estimate of drug-likeness (QED) is 0.752. The summed E-state index contributed by atoms with van der Waals surface area (Å²) in [5, 5.41) is 4.34. The average Bonchev–Trinajstić information content (AvgIpc) is 2.81. The van der Waals surface area contributed by atoms with Crippen molar-refractivity contribution in [2.24, 2.45) is 7.05 Å². The largest absolute Gasteiger partial charge is 0.369 e. The molecule has 0 aromatic carbocycles. The number of anilines is 1. The van der Waals surface area contributed by atoms with Crippen LogP contribution in [0.4, 0.5) is 5.95 Å². The number of nitrogen functional groups attached to an aromatic ring is 1. The van der Waals surface area contributed by atoms with Crippen molar-refractivity contribution in [2.45, 2.75) is 20.4 Å². The summed E-state index contributed by atoms with van der Waals surface area (Å²) in [6.45, 7) is 4.59. The van der Waals surface area contributed by atoms with E-state index >= 15 is 0 Å². The highest BCUT2D eigenvalue weighted by atomic mass is 15.3. The first-order valence-electron chi connectivity index (χ1n) is 6.13. The summed E-state index contributed by atoms with van der Waals surface area (Å²) < 4.78 is 3.73. The maximum atomic E-state index is 5.99. The van der Waals surface area contributed by atoms with Crippen LogP contribution in [-0.4, -0.2) is 24.3 Å². The standard InChI is InChI=1S/C13H16N6/c1-8-4-5-11-12(15-8)19(13(14)16-11)7-10-6-18(3)17-9(10)2/h4-6H,7H2,1-3H3,(H2,14,16). The van der Waals surface area contributed by atoms with Gasteiger partial charge in [0.15, 0.2) is 5.65 Å². The van der Waals surface area contributed by atoms with Crippen LogP contribution in [0.3, 0.4) is 0 Å². The van der Waals surface area contributed by atoms with Crippen LogP contribution in [0, 0.1) is 13.8 Å². The number of nitrogens with zero attached hydrogens (tertiary/aromatic N) is 5. The van der Waals surface area contributed by atoms with Gasteiger partial charge < -0.3 is 5.73 Å². The molecule has 0 unspecified atom stereocenters. The van der Waals surface area contributed by atoms with Crippen LogP contribution < -0.4 is 5.73 Å². The van der Waals surface area contributed by atoms with E-state index < -0.39 is 0 Å². The number of rotatable bonds is 2. The molecule has 3 aromatic rings. The third-order valence-corrected chi connectivity index (χ3v) is 3.20. The molecule has 0 amide bonds. The normalized spacial score (nSPS) is 11.3. The monoisotopic (exact) mass is 256 g/mol. The Hall–Kier alpha value is -2.37. The SMILES string of the molecule is Cc1ccc2nc(N)n(Cc3cn(C)nc3C)c2n1. The summed E-state index contributed by atoms with van der Waals surface area (Å²) in [6.07, 6.45) is 2.00. The number of aryl methyl sites for hydroxylation is 3. The lowest BCUT2D eigenvalue weighted by Crippen LogP contribution is -2.06. The van der Waals surface area contributed by atoms with Gasteiger partial charge in [-0.3, -0.25) is 9.25 Å². The highest BCUT2D eigenvalue weighted by Crippen LogP contribution is 2.19. The minimum atomic E-state index is 0.483. The molecule has 0 aliphatic rings. The minimum absolute atomic E-state index is 0.483. The Bertz CT molecular complexity index is 752. The molecule has 98 valence electrons. The number of hydrogen-bond donors (Lipinski definition) is 1. The van der Waals surface area contributed by atoms with Gasteiger partial charge in [-0.25, -0.2) is 9.97 Å². The summed E-state index contributed by atoms with van der Waals surface area (Å²) in [6, 6.07) is 3.88. The van der Waals surface area contributed by atoms with Gasteiger partial charge in [0.2, 0.25) is 5.95 Å². The predicted molar refractivity (Wildman–Crippen MR) is 73.7 cm³/mol. The fraction of sp³-hybridized carbons (Fsp3) is 0.308. The predicted octanol–water partition coefficient (Wildman–Crippen LogP) is 1.41. The van der Waals surface area contributed by atoms with Gasteiger partial charge in [-0.2, -0.15) is 5.10 Å². The molecule has 6 nitrogen and oxygen atoms in total. The molecular weight excluding hydrogens is 240 g/mol. The maximum Gasteiger partial charge on any atom is 0.202 e. The van der Waals surface area contributed by atoms with Crippen molar-refractivity contribution >= 4 is 17.1 Å². The first-order valence-corrected chi connectivity index (χ1v) is 6.13. The summed E-state index contributed by atoms with van der Waals surface area (Å²) in [5.41, 5.74) is 10.7. The van der Waals surface area contributed by atoms with Gasteiger partial charge in [-0.15, -0.1) is 0 Å². The zero-order chi connectivity index (χ0) is 13.6. The molecule has 2 N–H and O–H groups in total. The van der Waals surface area contributed by atoms with E-state index in [0.29, 0.717) is 12.5 Å². The summed E-state index contributed by atoms with van der Waals surface area (Å²) in [5.74, 6) is 0.483. The molecule has 3 heterocycles. The zero-order valence-electron chi connectivity index (χ0n) is 11.3. The Kier molecular flexibility index (Phi) is 2.51. The summed E-state index contributed by atoms with van der Waals surface area (Å²) >= 11 is 0. The molecule has 6 heteroatoms. The molecule has 0 saturated carbocycles. The van der Waals surface area contributed by atoms with E-state index in [1.54, 1.807) is 4.68 Å². The molecule has 0 bridgehead atoms. The van der Waals surface area contributed by atoms with Gasteiger partial charge >= 0.3 is 0 Å². The zero-order valence-corrected chi connectivity index (χ0v) is 11.3. The minimum Gasteiger partial charge on any atom is -0.369 e. The van der Waals surface area contributed by atoms with E-state index in [1.165, 1.54) is 0 Å². The van der Waals surface area contributed by atoms with Crippen LogP contribution in [0.25, 0.3) is 11.2 Å². The van der Waals surface area contributed by atoms with Crippen molar-refractivity contribution in [3.05, 3.63) is 35.3 Å². The Balaban J connectivity index is 2.12. The van der Waals surface area contributed by atoms with Gasteiger partial charge in [-0.1, -0.05) is 0 Å². The second kappa shape index (κ2) is 4.08. The lowest BCUT2D eigenvalue weighted by atomic mass is 10.2. The highest BCUT2D eigenvalue weighted by Gasteiger charge is 2.12. The van der Waals surface area contributed by atoms with Gasteiger partial charge in [-0.05, 0) is 26.0 Å². The first kappa shape index (κ1) is 11.7. The van der Waals surface area contributed by atoms with Gasteiger partial charge in [0.05, 0.1) is 12.2 Å². The molecule has 0 spiro atoms.